The molecule has 2 fully saturated rings. The molecule has 42 heavy (non-hydrogen) atoms. The number of nitrogens with one attached hydrogen (secondary N) is 1. The number of halogens is 3. The number of imidazole rings is 1. The number of carbonyl (C=O) groups is 2. The van der Waals surface area contributed by atoms with Crippen LogP contribution in [0, 0.1) is 0 Å². The summed E-state index contributed by atoms with van der Waals surface area (Å²) in [5.41, 5.74) is 7.54. The van der Waals surface area contributed by atoms with Gasteiger partial charge in [0.1, 0.15) is 28.7 Å². The predicted molar refractivity (Wildman–Crippen MR) is 150 cm³/mol. The van der Waals surface area contributed by atoms with Crippen molar-refractivity contribution in [2.45, 2.75) is 37.9 Å². The number of carbonyl (C=O) groups excluding carboxylic acids is 2. The molecule has 0 radical (unpaired) electrons. The van der Waals surface area contributed by atoms with E-state index in [1.165, 1.54) is 0 Å². The number of alkyl halides is 3. The summed E-state index contributed by atoms with van der Waals surface area (Å²) < 4.78 is 41.0. The molecule has 1 aromatic carbocycles. The van der Waals surface area contributed by atoms with Crippen LogP contribution in [0.2, 0.25) is 0 Å². The van der Waals surface area contributed by atoms with E-state index in [4.69, 9.17) is 10.7 Å². The van der Waals surface area contributed by atoms with Crippen molar-refractivity contribution in [3.63, 3.8) is 0 Å². The van der Waals surface area contributed by atoms with E-state index in [0.717, 1.165) is 50.1 Å². The van der Waals surface area contributed by atoms with Gasteiger partial charge in [0.05, 0.1) is 12.1 Å². The Balaban J connectivity index is 1.26. The Bertz CT molecular complexity index is 1650. The lowest BCUT2D eigenvalue weighted by Crippen LogP contribution is -2.59. The minimum atomic E-state index is -4.55. The Morgan fingerprint density at radius 2 is 1.88 bits per heavy atom. The Kier molecular flexibility index (Phi) is 7.05. The highest BCUT2D eigenvalue weighted by Gasteiger charge is 2.38. The summed E-state index contributed by atoms with van der Waals surface area (Å²) in [6.45, 7) is 4.79. The normalized spacial score (nSPS) is 19.6. The highest BCUT2D eigenvalue weighted by atomic mass is 19.4. The van der Waals surface area contributed by atoms with Gasteiger partial charge < -0.3 is 16.0 Å². The highest BCUT2D eigenvalue weighted by Crippen LogP contribution is 2.36. The van der Waals surface area contributed by atoms with Gasteiger partial charge in [-0.3, -0.25) is 18.9 Å². The molecular weight excluding hydrogens is 549 g/mol. The van der Waals surface area contributed by atoms with Gasteiger partial charge in [-0.15, -0.1) is 0 Å². The molecule has 0 aliphatic carbocycles. The van der Waals surface area contributed by atoms with E-state index in [1.54, 1.807) is 30.5 Å². The van der Waals surface area contributed by atoms with Crippen LogP contribution >= 0.6 is 0 Å². The van der Waals surface area contributed by atoms with E-state index in [0.29, 0.717) is 35.7 Å². The number of hydrogen-bond donors (Lipinski definition) is 2. The summed E-state index contributed by atoms with van der Waals surface area (Å²) in [4.78, 5) is 42.9. The number of fused-ring (bicyclic) bond motifs is 2. The van der Waals surface area contributed by atoms with Gasteiger partial charge in [-0.05, 0) is 43.7 Å². The number of amides is 2. The Morgan fingerprint density at radius 1 is 1.10 bits per heavy atom. The Morgan fingerprint density at radius 3 is 2.62 bits per heavy atom. The number of aromatic nitrogens is 4. The topological polar surface area (TPSA) is 122 Å². The van der Waals surface area contributed by atoms with E-state index >= 15 is 0 Å². The zero-order valence-electron chi connectivity index (χ0n) is 22.8. The fourth-order valence-electron chi connectivity index (χ4n) is 5.84. The summed E-state index contributed by atoms with van der Waals surface area (Å²) in [5, 5.41) is 2.41. The minimum Gasteiger partial charge on any atom is -0.382 e. The van der Waals surface area contributed by atoms with Crippen LogP contribution in [0.25, 0.3) is 16.8 Å². The SMILES string of the molecule is CCN1CC(=O)N2CC(c3nc(-c4ccc(C(=O)Nc5cc(C(F)(F)F)ccn5)cc4)c4c(N)nccn34)CCC2C1. The number of anilines is 2. The lowest BCUT2D eigenvalue weighted by Gasteiger charge is -2.45. The van der Waals surface area contributed by atoms with Crippen molar-refractivity contribution in [1.82, 2.24) is 29.2 Å². The summed E-state index contributed by atoms with van der Waals surface area (Å²) >= 11 is 0. The van der Waals surface area contributed by atoms with Crippen molar-refractivity contribution in [2.75, 3.05) is 37.2 Å². The first-order valence-corrected chi connectivity index (χ1v) is 13.7. The second-order valence-corrected chi connectivity index (χ2v) is 10.6. The highest BCUT2D eigenvalue weighted by molar-refractivity contribution is 6.04. The minimum absolute atomic E-state index is 0.00596. The molecule has 6 rings (SSSR count). The smallest absolute Gasteiger partial charge is 0.382 e. The molecule has 2 unspecified atom stereocenters. The maximum atomic E-state index is 13.0. The molecule has 2 aliphatic heterocycles. The molecule has 218 valence electrons. The van der Waals surface area contributed by atoms with Gasteiger partial charge in [0.15, 0.2) is 0 Å². The zero-order valence-corrected chi connectivity index (χ0v) is 22.8. The molecule has 2 aliphatic rings. The standard InChI is InChI=1S/C29H29F3N8O2/c1-2-38-15-21-8-7-19(14-40(21)23(41)16-38)27-37-24(25-26(33)35-11-12-39(25)27)17-3-5-18(6-4-17)28(42)36-22-13-20(9-10-34-22)29(30,31)32/h3-6,9-13,19,21H,2,7-8,14-16H2,1H3,(H2,33,35)(H,34,36,42). The van der Waals surface area contributed by atoms with Crippen LogP contribution < -0.4 is 11.1 Å². The van der Waals surface area contributed by atoms with Gasteiger partial charge in [0, 0.05) is 54.8 Å². The molecule has 0 saturated carbocycles. The van der Waals surface area contributed by atoms with Gasteiger partial charge in [0.25, 0.3) is 5.91 Å². The number of piperazine rings is 1. The van der Waals surface area contributed by atoms with Gasteiger partial charge in [-0.2, -0.15) is 13.2 Å². The molecule has 2 atom stereocenters. The molecule has 13 heteroatoms. The van der Waals surface area contributed by atoms with E-state index in [-0.39, 0.29) is 29.2 Å². The fourth-order valence-corrected chi connectivity index (χ4v) is 5.84. The molecule has 0 bridgehead atoms. The van der Waals surface area contributed by atoms with Gasteiger partial charge >= 0.3 is 6.18 Å². The first-order chi connectivity index (χ1) is 20.1. The van der Waals surface area contributed by atoms with Crippen molar-refractivity contribution in [2.24, 2.45) is 0 Å². The molecule has 5 heterocycles. The van der Waals surface area contributed by atoms with Crippen LogP contribution in [0.4, 0.5) is 24.8 Å². The summed E-state index contributed by atoms with van der Waals surface area (Å²) in [6, 6.07) is 8.36. The summed E-state index contributed by atoms with van der Waals surface area (Å²) in [6.07, 6.45) is 1.62. The molecule has 3 aromatic heterocycles. The van der Waals surface area contributed by atoms with Crippen LogP contribution in [0.3, 0.4) is 0 Å². The molecule has 10 nitrogen and oxygen atoms in total. The average molecular weight is 579 g/mol. The molecule has 0 spiro atoms. The van der Waals surface area contributed by atoms with Crippen molar-refractivity contribution in [3.05, 3.63) is 71.9 Å². The monoisotopic (exact) mass is 578 g/mol. The molecule has 4 aromatic rings. The number of rotatable bonds is 5. The Labute approximate surface area is 239 Å². The van der Waals surface area contributed by atoms with E-state index in [9.17, 15) is 22.8 Å². The van der Waals surface area contributed by atoms with Gasteiger partial charge in [-0.1, -0.05) is 19.1 Å². The van der Waals surface area contributed by atoms with Crippen LogP contribution in [0.15, 0.2) is 55.0 Å². The molecule has 3 N–H and O–H groups in total. The first kappa shape index (κ1) is 27.6. The number of nitrogens with two attached hydrogens (primary N) is 1. The van der Waals surface area contributed by atoms with Crippen molar-refractivity contribution in [1.29, 1.82) is 0 Å². The number of pyridine rings is 1. The molecule has 2 saturated heterocycles. The third-order valence-electron chi connectivity index (χ3n) is 8.03. The molecular formula is C29H29F3N8O2. The zero-order chi connectivity index (χ0) is 29.6. The number of nitrogen functional groups attached to an aromatic ring is 1. The lowest BCUT2D eigenvalue weighted by atomic mass is 9.90. The third-order valence-corrected chi connectivity index (χ3v) is 8.03. The van der Waals surface area contributed by atoms with Crippen LogP contribution in [-0.2, 0) is 11.0 Å². The number of benzene rings is 1. The van der Waals surface area contributed by atoms with E-state index in [2.05, 4.69) is 27.1 Å². The molecule has 2 amide bonds. The quantitative estimate of drug-likeness (QED) is 0.366. The first-order valence-electron chi connectivity index (χ1n) is 13.7. The van der Waals surface area contributed by atoms with Gasteiger partial charge in [0.2, 0.25) is 5.91 Å². The van der Waals surface area contributed by atoms with Crippen LogP contribution in [-0.4, -0.2) is 73.2 Å². The second kappa shape index (κ2) is 10.7. The lowest BCUT2D eigenvalue weighted by molar-refractivity contribution is -0.142. The van der Waals surface area contributed by atoms with Crippen LogP contribution in [0.5, 0.6) is 0 Å². The number of hydrogen-bond acceptors (Lipinski definition) is 7. The van der Waals surface area contributed by atoms with Crippen LogP contribution in [0.1, 0.15) is 47.4 Å². The van der Waals surface area contributed by atoms with E-state index < -0.39 is 17.6 Å². The Hall–Kier alpha value is -4.52. The fraction of sp³-hybridized carbons (Fsp3) is 0.345. The van der Waals surface area contributed by atoms with Gasteiger partial charge in [-0.25, -0.2) is 15.0 Å². The number of nitrogens with zero attached hydrogens (tertiary/aromatic N) is 6. The van der Waals surface area contributed by atoms with Crippen molar-refractivity contribution < 1.29 is 22.8 Å². The maximum Gasteiger partial charge on any atom is 0.416 e. The third kappa shape index (κ3) is 5.15. The van der Waals surface area contributed by atoms with Crippen molar-refractivity contribution >= 4 is 29.0 Å². The maximum absolute atomic E-state index is 13.0. The summed E-state index contributed by atoms with van der Waals surface area (Å²) in [7, 11) is 0. The number of piperidine rings is 1. The number of likely N-dealkylation sites (N-methyl/N-ethyl adjacent to an activating group) is 1. The largest absolute Gasteiger partial charge is 0.416 e. The van der Waals surface area contributed by atoms with Crippen molar-refractivity contribution in [3.8, 4) is 11.3 Å². The second-order valence-electron chi connectivity index (χ2n) is 10.6. The summed E-state index contributed by atoms with van der Waals surface area (Å²) in [5.74, 6) is 0.419. The predicted octanol–water partition coefficient (Wildman–Crippen LogP) is 4.05. The average Bonchev–Trinajstić information content (AvgIpc) is 3.38. The van der Waals surface area contributed by atoms with E-state index in [1.807, 2.05) is 15.5 Å².